The van der Waals surface area contributed by atoms with E-state index in [2.05, 4.69) is 70.8 Å². The van der Waals surface area contributed by atoms with Crippen LogP contribution in [0.15, 0.2) is 0 Å². The lowest BCUT2D eigenvalue weighted by Crippen LogP contribution is -2.10. The van der Waals surface area contributed by atoms with Crippen molar-refractivity contribution < 1.29 is 0 Å². The Balaban J connectivity index is 2.97. The Labute approximate surface area is 117 Å². The number of anilines is 2. The molecule has 0 saturated heterocycles. The lowest BCUT2D eigenvalue weighted by molar-refractivity contribution is 0.949. The first-order chi connectivity index (χ1) is 7.17. The molecule has 1 heterocycles. The monoisotopic (exact) mass is 433 g/mol. The molecule has 0 radical (unpaired) electrons. The molecular weight excluding hydrogens is 420 g/mol. The van der Waals surface area contributed by atoms with Crippen LogP contribution in [-0.4, -0.2) is 28.0 Å². The smallest absolute Gasteiger partial charge is 0.227 e. The van der Waals surface area contributed by atoms with Gasteiger partial charge in [-0.1, -0.05) is 45.2 Å². The quantitative estimate of drug-likeness (QED) is 0.553. The predicted octanol–water partition coefficient (Wildman–Crippen LogP) is 2.60. The number of rotatable bonds is 5. The van der Waals surface area contributed by atoms with Gasteiger partial charge in [0.25, 0.3) is 0 Å². The second-order valence-corrected chi connectivity index (χ2v) is 7.58. The van der Waals surface area contributed by atoms with Gasteiger partial charge in [0.05, 0.1) is 0 Å². The standard InChI is InChI=1S/C8H13I2N5/c1-3-11-7-13-6(5(9)10)14-8(15-7)12-4-2/h5H,3-4H2,1-2H3,(H2,11,12,13,14,15). The van der Waals surface area contributed by atoms with Crippen molar-refractivity contribution in [2.24, 2.45) is 0 Å². The fraction of sp³-hybridized carbons (Fsp3) is 0.625. The first-order valence-electron chi connectivity index (χ1n) is 4.69. The Bertz CT molecular complexity index is 294. The molecule has 5 nitrogen and oxygen atoms in total. The summed E-state index contributed by atoms with van der Waals surface area (Å²) in [5, 5.41) is 6.19. The highest BCUT2D eigenvalue weighted by molar-refractivity contribution is 14.2. The zero-order valence-corrected chi connectivity index (χ0v) is 12.9. The van der Waals surface area contributed by atoms with Gasteiger partial charge in [-0.2, -0.15) is 15.0 Å². The van der Waals surface area contributed by atoms with E-state index in [4.69, 9.17) is 0 Å². The van der Waals surface area contributed by atoms with Crippen LogP contribution in [-0.2, 0) is 0 Å². The highest BCUT2D eigenvalue weighted by Gasteiger charge is 2.10. The van der Waals surface area contributed by atoms with Crippen LogP contribution in [0, 0.1) is 0 Å². The van der Waals surface area contributed by atoms with E-state index in [0.717, 1.165) is 18.9 Å². The fourth-order valence-electron chi connectivity index (χ4n) is 0.964. The second kappa shape index (κ2) is 6.61. The zero-order chi connectivity index (χ0) is 11.3. The van der Waals surface area contributed by atoms with Crippen molar-refractivity contribution in [2.75, 3.05) is 23.7 Å². The van der Waals surface area contributed by atoms with Crippen LogP contribution in [0.2, 0.25) is 0 Å². The average Bonchev–Trinajstić information content (AvgIpc) is 2.18. The number of hydrogen-bond acceptors (Lipinski definition) is 5. The lowest BCUT2D eigenvalue weighted by atomic mass is 10.6. The summed E-state index contributed by atoms with van der Waals surface area (Å²) in [6.45, 7) is 5.65. The van der Waals surface area contributed by atoms with Gasteiger partial charge in [-0.05, 0) is 13.8 Å². The van der Waals surface area contributed by atoms with Crippen molar-refractivity contribution in [3.63, 3.8) is 0 Å². The molecule has 84 valence electrons. The molecule has 0 aromatic carbocycles. The fourth-order valence-corrected chi connectivity index (χ4v) is 1.52. The third-order valence-electron chi connectivity index (χ3n) is 1.52. The van der Waals surface area contributed by atoms with Gasteiger partial charge in [-0.3, -0.25) is 0 Å². The van der Waals surface area contributed by atoms with Crippen molar-refractivity contribution in [3.05, 3.63) is 5.82 Å². The van der Waals surface area contributed by atoms with Gasteiger partial charge in [-0.15, -0.1) is 0 Å². The Morgan fingerprint density at radius 2 is 1.47 bits per heavy atom. The molecule has 0 aliphatic rings. The minimum Gasteiger partial charge on any atom is -0.354 e. The molecule has 0 aliphatic carbocycles. The molecule has 0 unspecified atom stereocenters. The summed E-state index contributed by atoms with van der Waals surface area (Å²) in [5.74, 6) is 2.06. The minimum atomic E-state index is 0.248. The summed E-state index contributed by atoms with van der Waals surface area (Å²) >= 11 is 4.55. The van der Waals surface area contributed by atoms with E-state index >= 15 is 0 Å². The molecule has 7 heteroatoms. The average molecular weight is 433 g/mol. The maximum absolute atomic E-state index is 4.32. The van der Waals surface area contributed by atoms with Gasteiger partial charge in [0.1, 0.15) is 1.93 Å². The number of nitrogens with one attached hydrogen (secondary N) is 2. The normalized spacial score (nSPS) is 10.5. The number of aromatic nitrogens is 3. The Morgan fingerprint density at radius 3 is 1.80 bits per heavy atom. The Morgan fingerprint density at radius 1 is 1.00 bits per heavy atom. The predicted molar refractivity (Wildman–Crippen MR) is 78.9 cm³/mol. The molecule has 0 atom stereocenters. The molecule has 1 aromatic rings. The van der Waals surface area contributed by atoms with Crippen molar-refractivity contribution in [3.8, 4) is 0 Å². The summed E-state index contributed by atoms with van der Waals surface area (Å²) in [4.78, 5) is 12.9. The van der Waals surface area contributed by atoms with Crippen LogP contribution in [0.25, 0.3) is 0 Å². The lowest BCUT2D eigenvalue weighted by Gasteiger charge is -2.08. The zero-order valence-electron chi connectivity index (χ0n) is 8.59. The molecule has 0 fully saturated rings. The van der Waals surface area contributed by atoms with Crippen LogP contribution < -0.4 is 10.6 Å². The first-order valence-corrected chi connectivity index (χ1v) is 7.18. The van der Waals surface area contributed by atoms with E-state index in [9.17, 15) is 0 Å². The summed E-state index contributed by atoms with van der Waals surface area (Å²) < 4.78 is 0.248. The van der Waals surface area contributed by atoms with Gasteiger partial charge in [0, 0.05) is 13.1 Å². The summed E-state index contributed by atoms with van der Waals surface area (Å²) in [5.41, 5.74) is 0. The molecule has 0 bridgehead atoms. The molecule has 0 amide bonds. The number of alkyl halides is 2. The number of halogens is 2. The molecule has 2 N–H and O–H groups in total. The molecule has 0 saturated carbocycles. The maximum Gasteiger partial charge on any atom is 0.227 e. The van der Waals surface area contributed by atoms with Crippen LogP contribution in [0.3, 0.4) is 0 Å². The van der Waals surface area contributed by atoms with E-state index in [1.54, 1.807) is 0 Å². The molecule has 1 rings (SSSR count). The van der Waals surface area contributed by atoms with E-state index < -0.39 is 0 Å². The van der Waals surface area contributed by atoms with E-state index in [1.165, 1.54) is 0 Å². The Hall–Kier alpha value is 0.0700. The number of nitrogens with zero attached hydrogens (tertiary/aromatic N) is 3. The third-order valence-corrected chi connectivity index (χ3v) is 2.63. The van der Waals surface area contributed by atoms with Crippen molar-refractivity contribution in [1.29, 1.82) is 0 Å². The van der Waals surface area contributed by atoms with Crippen molar-refractivity contribution >= 4 is 57.1 Å². The van der Waals surface area contributed by atoms with Crippen LogP contribution in [0.1, 0.15) is 21.6 Å². The molecule has 0 aliphatic heterocycles. The minimum absolute atomic E-state index is 0.248. The first kappa shape index (κ1) is 13.1. The van der Waals surface area contributed by atoms with E-state index in [-0.39, 0.29) is 1.93 Å². The van der Waals surface area contributed by atoms with Gasteiger partial charge in [0.2, 0.25) is 11.9 Å². The van der Waals surface area contributed by atoms with Gasteiger partial charge in [0.15, 0.2) is 5.82 Å². The van der Waals surface area contributed by atoms with Crippen LogP contribution in [0.4, 0.5) is 11.9 Å². The highest BCUT2D eigenvalue weighted by atomic mass is 127. The van der Waals surface area contributed by atoms with Gasteiger partial charge < -0.3 is 10.6 Å². The van der Waals surface area contributed by atoms with Gasteiger partial charge in [-0.25, -0.2) is 0 Å². The second-order valence-electron chi connectivity index (χ2n) is 2.70. The van der Waals surface area contributed by atoms with Crippen molar-refractivity contribution in [1.82, 2.24) is 15.0 Å². The van der Waals surface area contributed by atoms with Gasteiger partial charge >= 0.3 is 0 Å². The Kier molecular flexibility index (Phi) is 5.79. The number of hydrogen-bond donors (Lipinski definition) is 2. The molecule has 0 spiro atoms. The molecule has 1 aromatic heterocycles. The summed E-state index contributed by atoms with van der Waals surface area (Å²) in [7, 11) is 0. The van der Waals surface area contributed by atoms with Crippen LogP contribution in [0.5, 0.6) is 0 Å². The highest BCUT2D eigenvalue weighted by Crippen LogP contribution is 2.28. The van der Waals surface area contributed by atoms with E-state index in [1.807, 2.05) is 13.8 Å². The SMILES string of the molecule is CCNc1nc(NCC)nc(C(I)I)n1. The summed E-state index contributed by atoms with van der Waals surface area (Å²) in [6, 6.07) is 0. The molecular formula is C8H13I2N5. The van der Waals surface area contributed by atoms with E-state index in [0.29, 0.717) is 11.9 Å². The molecule has 15 heavy (non-hydrogen) atoms. The topological polar surface area (TPSA) is 62.7 Å². The van der Waals surface area contributed by atoms with Crippen molar-refractivity contribution in [2.45, 2.75) is 15.8 Å². The summed E-state index contributed by atoms with van der Waals surface area (Å²) in [6.07, 6.45) is 0. The van der Waals surface area contributed by atoms with Crippen LogP contribution >= 0.6 is 45.2 Å². The maximum atomic E-state index is 4.32. The third kappa shape index (κ3) is 4.21. The largest absolute Gasteiger partial charge is 0.354 e.